The van der Waals surface area contributed by atoms with Crippen molar-refractivity contribution in [2.75, 3.05) is 5.43 Å². The average molecular weight is 245 g/mol. The van der Waals surface area contributed by atoms with Gasteiger partial charge in [-0.05, 0) is 32.9 Å². The highest BCUT2D eigenvalue weighted by molar-refractivity contribution is 6.29. The van der Waals surface area contributed by atoms with E-state index in [4.69, 9.17) is 16.3 Å². The Bertz CT molecular complexity index is 361. The number of rotatable bonds is 2. The van der Waals surface area contributed by atoms with Crippen LogP contribution in [-0.4, -0.2) is 21.9 Å². The smallest absolute Gasteiger partial charge is 0.426 e. The molecule has 1 aromatic heterocycles. The average Bonchev–Trinajstić information content (AvgIpc) is 2.14. The highest BCUT2D eigenvalue weighted by atomic mass is 35.5. The summed E-state index contributed by atoms with van der Waals surface area (Å²) in [6.45, 7) is 5.32. The van der Waals surface area contributed by atoms with Gasteiger partial charge in [-0.25, -0.2) is 10.2 Å². The quantitative estimate of drug-likeness (QED) is 0.778. The monoisotopic (exact) mass is 244 g/mol. The molecule has 0 aromatic carbocycles. The molecule has 0 unspecified atom stereocenters. The number of hydrogen-bond donors (Lipinski definition) is 2. The largest absolute Gasteiger partial charge is 0.443 e. The van der Waals surface area contributed by atoms with E-state index >= 15 is 0 Å². The van der Waals surface area contributed by atoms with E-state index in [-0.39, 0.29) is 5.15 Å². The Morgan fingerprint density at radius 2 is 2.06 bits per heavy atom. The van der Waals surface area contributed by atoms with Crippen molar-refractivity contribution in [3.8, 4) is 0 Å². The number of aromatic nitrogens is 2. The third-order valence-electron chi connectivity index (χ3n) is 1.32. The van der Waals surface area contributed by atoms with E-state index in [2.05, 4.69) is 21.0 Å². The van der Waals surface area contributed by atoms with Crippen LogP contribution in [0.15, 0.2) is 12.1 Å². The lowest BCUT2D eigenvalue weighted by Crippen LogP contribution is -2.36. The number of amides is 1. The van der Waals surface area contributed by atoms with Crippen LogP contribution in [0.5, 0.6) is 0 Å². The van der Waals surface area contributed by atoms with Gasteiger partial charge in [0.2, 0.25) is 0 Å². The topological polar surface area (TPSA) is 76.1 Å². The fourth-order valence-electron chi connectivity index (χ4n) is 0.801. The summed E-state index contributed by atoms with van der Waals surface area (Å²) in [6, 6.07) is 3.13. The molecule has 16 heavy (non-hydrogen) atoms. The van der Waals surface area contributed by atoms with Gasteiger partial charge < -0.3 is 4.74 Å². The molecule has 0 aliphatic carbocycles. The van der Waals surface area contributed by atoms with Gasteiger partial charge in [-0.1, -0.05) is 11.6 Å². The molecule has 0 bridgehead atoms. The molecule has 1 amide bonds. The summed E-state index contributed by atoms with van der Waals surface area (Å²) in [7, 11) is 0. The SMILES string of the molecule is CC(C)(C)OC(=O)NNc1ccc(Cl)nn1. The van der Waals surface area contributed by atoms with E-state index < -0.39 is 11.7 Å². The number of ether oxygens (including phenoxy) is 1. The first kappa shape index (κ1) is 12.5. The first-order valence-corrected chi connectivity index (χ1v) is 4.99. The fourth-order valence-corrected chi connectivity index (χ4v) is 0.902. The minimum atomic E-state index is -0.593. The number of halogens is 1. The number of carbonyl (C=O) groups excluding carboxylic acids is 1. The van der Waals surface area contributed by atoms with Crippen molar-refractivity contribution in [2.24, 2.45) is 0 Å². The lowest BCUT2D eigenvalue weighted by Gasteiger charge is -2.19. The number of carbonyl (C=O) groups is 1. The van der Waals surface area contributed by atoms with Gasteiger partial charge in [0, 0.05) is 0 Å². The molecule has 0 saturated heterocycles. The van der Waals surface area contributed by atoms with Gasteiger partial charge in [-0.15, -0.1) is 10.2 Å². The van der Waals surface area contributed by atoms with Crippen LogP contribution in [0, 0.1) is 0 Å². The fraction of sp³-hybridized carbons (Fsp3) is 0.444. The zero-order valence-electron chi connectivity index (χ0n) is 9.24. The third kappa shape index (κ3) is 4.79. The number of anilines is 1. The summed E-state index contributed by atoms with van der Waals surface area (Å²) in [6.07, 6.45) is -0.593. The molecule has 1 rings (SSSR count). The molecule has 88 valence electrons. The molecule has 1 heterocycles. The van der Waals surface area contributed by atoms with Gasteiger partial charge in [0.15, 0.2) is 11.0 Å². The summed E-state index contributed by atoms with van der Waals surface area (Å²) in [5, 5.41) is 7.56. The van der Waals surface area contributed by atoms with E-state index in [1.165, 1.54) is 0 Å². The van der Waals surface area contributed by atoms with Gasteiger partial charge in [0.25, 0.3) is 0 Å². The second kappa shape index (κ2) is 4.98. The Morgan fingerprint density at radius 1 is 1.38 bits per heavy atom. The lowest BCUT2D eigenvalue weighted by molar-refractivity contribution is 0.0541. The zero-order chi connectivity index (χ0) is 12.2. The first-order valence-electron chi connectivity index (χ1n) is 4.61. The van der Waals surface area contributed by atoms with Gasteiger partial charge in [0.1, 0.15) is 5.60 Å². The summed E-state index contributed by atoms with van der Waals surface area (Å²) in [5.41, 5.74) is 4.31. The van der Waals surface area contributed by atoms with E-state index in [1.54, 1.807) is 32.9 Å². The second-order valence-electron chi connectivity index (χ2n) is 3.99. The summed E-state index contributed by atoms with van der Waals surface area (Å²) in [5.74, 6) is 0.371. The Balaban J connectivity index is 2.40. The summed E-state index contributed by atoms with van der Waals surface area (Å²) >= 11 is 5.55. The molecule has 0 aliphatic heterocycles. The van der Waals surface area contributed by atoms with E-state index in [0.29, 0.717) is 5.82 Å². The maximum absolute atomic E-state index is 11.2. The molecule has 2 N–H and O–H groups in total. The van der Waals surface area contributed by atoms with Crippen molar-refractivity contribution < 1.29 is 9.53 Å². The maximum atomic E-state index is 11.2. The molecule has 0 spiro atoms. The van der Waals surface area contributed by atoms with Crippen LogP contribution in [0.1, 0.15) is 20.8 Å². The van der Waals surface area contributed by atoms with Crippen molar-refractivity contribution in [2.45, 2.75) is 26.4 Å². The number of hydrogen-bond acceptors (Lipinski definition) is 5. The molecule has 7 heteroatoms. The van der Waals surface area contributed by atoms with Crippen molar-refractivity contribution in [3.63, 3.8) is 0 Å². The second-order valence-corrected chi connectivity index (χ2v) is 4.38. The molecule has 0 radical (unpaired) electrons. The molecular formula is C9H13ClN4O2. The molecule has 0 saturated carbocycles. The molecule has 0 aliphatic rings. The highest BCUT2D eigenvalue weighted by Gasteiger charge is 2.15. The van der Waals surface area contributed by atoms with Crippen molar-refractivity contribution in [3.05, 3.63) is 17.3 Å². The predicted octanol–water partition coefficient (Wildman–Crippen LogP) is 1.98. The lowest BCUT2D eigenvalue weighted by atomic mass is 10.2. The van der Waals surface area contributed by atoms with E-state index in [9.17, 15) is 4.79 Å². The molecule has 0 atom stereocenters. The van der Waals surface area contributed by atoms with Gasteiger partial charge in [0.05, 0.1) is 0 Å². The summed E-state index contributed by atoms with van der Waals surface area (Å²) in [4.78, 5) is 11.2. The first-order chi connectivity index (χ1) is 7.37. The molecular weight excluding hydrogens is 232 g/mol. The third-order valence-corrected chi connectivity index (χ3v) is 1.53. The number of nitrogens with zero attached hydrogens (tertiary/aromatic N) is 2. The molecule has 6 nitrogen and oxygen atoms in total. The van der Waals surface area contributed by atoms with Crippen molar-refractivity contribution >= 4 is 23.5 Å². The Hall–Kier alpha value is -1.56. The number of hydrazine groups is 1. The van der Waals surface area contributed by atoms with Gasteiger partial charge in [-0.2, -0.15) is 0 Å². The van der Waals surface area contributed by atoms with E-state index in [1.807, 2.05) is 0 Å². The minimum Gasteiger partial charge on any atom is -0.443 e. The zero-order valence-corrected chi connectivity index (χ0v) is 10.00. The Labute approximate surface area is 98.3 Å². The van der Waals surface area contributed by atoms with Crippen LogP contribution in [0.4, 0.5) is 10.6 Å². The van der Waals surface area contributed by atoms with Crippen LogP contribution < -0.4 is 10.9 Å². The van der Waals surface area contributed by atoms with Crippen LogP contribution >= 0.6 is 11.6 Å². The van der Waals surface area contributed by atoms with Gasteiger partial charge in [-0.3, -0.25) is 5.43 Å². The van der Waals surface area contributed by atoms with Crippen molar-refractivity contribution in [1.29, 1.82) is 0 Å². The maximum Gasteiger partial charge on any atom is 0.426 e. The van der Waals surface area contributed by atoms with Crippen LogP contribution in [-0.2, 0) is 4.74 Å². The standard InChI is InChI=1S/C9H13ClN4O2/c1-9(2,3)16-8(15)14-13-7-5-4-6(10)11-12-7/h4-5H,1-3H3,(H,12,13)(H,14,15). The van der Waals surface area contributed by atoms with E-state index in [0.717, 1.165) is 0 Å². The molecule has 0 fully saturated rings. The highest BCUT2D eigenvalue weighted by Crippen LogP contribution is 2.07. The van der Waals surface area contributed by atoms with Crippen LogP contribution in [0.2, 0.25) is 5.15 Å². The van der Waals surface area contributed by atoms with Crippen LogP contribution in [0.25, 0.3) is 0 Å². The van der Waals surface area contributed by atoms with Crippen molar-refractivity contribution in [1.82, 2.24) is 15.6 Å². The van der Waals surface area contributed by atoms with Crippen LogP contribution in [0.3, 0.4) is 0 Å². The predicted molar refractivity (Wildman–Crippen MR) is 60.0 cm³/mol. The normalized spacial score (nSPS) is 10.8. The minimum absolute atomic E-state index is 0.280. The Kier molecular flexibility index (Phi) is 3.89. The summed E-state index contributed by atoms with van der Waals surface area (Å²) < 4.78 is 5.00. The van der Waals surface area contributed by atoms with Gasteiger partial charge >= 0.3 is 6.09 Å². The Morgan fingerprint density at radius 3 is 2.56 bits per heavy atom. The number of nitrogens with one attached hydrogen (secondary N) is 2. The molecule has 1 aromatic rings.